The van der Waals surface area contributed by atoms with Crippen molar-refractivity contribution in [1.29, 1.82) is 0 Å². The van der Waals surface area contributed by atoms with Crippen LogP contribution in [0.5, 0.6) is 0 Å². The van der Waals surface area contributed by atoms with E-state index in [1.807, 2.05) is 31.2 Å². The highest BCUT2D eigenvalue weighted by Gasteiger charge is 2.55. The van der Waals surface area contributed by atoms with Gasteiger partial charge in [0.05, 0.1) is 11.5 Å². The van der Waals surface area contributed by atoms with E-state index in [1.165, 1.54) is 6.42 Å². The summed E-state index contributed by atoms with van der Waals surface area (Å²) in [6.07, 6.45) is 6.79. The largest absolute Gasteiger partial charge is 0.382 e. The molecule has 1 saturated carbocycles. The zero-order valence-corrected chi connectivity index (χ0v) is 18.2. The molecule has 160 valence electrons. The molecule has 5 nitrogen and oxygen atoms in total. The van der Waals surface area contributed by atoms with E-state index in [4.69, 9.17) is 4.74 Å². The molecular weight excluding hydrogens is 364 g/mol. The van der Waals surface area contributed by atoms with Gasteiger partial charge < -0.3 is 15.0 Å². The van der Waals surface area contributed by atoms with Crippen molar-refractivity contribution in [2.75, 3.05) is 19.8 Å². The van der Waals surface area contributed by atoms with E-state index in [9.17, 15) is 9.59 Å². The number of rotatable bonds is 8. The van der Waals surface area contributed by atoms with Crippen LogP contribution in [0.4, 0.5) is 0 Å². The van der Waals surface area contributed by atoms with Crippen molar-refractivity contribution in [3.05, 3.63) is 35.4 Å². The van der Waals surface area contributed by atoms with Crippen molar-refractivity contribution >= 4 is 11.8 Å². The number of nitrogens with one attached hydrogen (secondary N) is 1. The van der Waals surface area contributed by atoms with E-state index in [2.05, 4.69) is 24.1 Å². The van der Waals surface area contributed by atoms with Gasteiger partial charge in [-0.1, -0.05) is 44.4 Å². The lowest BCUT2D eigenvalue weighted by atomic mass is 9.64. The maximum Gasteiger partial charge on any atom is 0.254 e. The molecule has 29 heavy (non-hydrogen) atoms. The van der Waals surface area contributed by atoms with Crippen LogP contribution in [0, 0.1) is 0 Å². The molecule has 1 spiro atoms. The number of carbonyl (C=O) groups excluding carboxylic acids is 2. The summed E-state index contributed by atoms with van der Waals surface area (Å²) in [5.41, 5.74) is 1.18. The standard InChI is InChI=1S/C24H36N2O3/c1-4-18(3)26-23(28)20-13-8-7-12-19(20)21(24(26)14-9-6-10-15-24)22(27)25-16-11-17-29-5-2/h7-8,12-13,18,21H,4-6,9-11,14-17H2,1-3H3,(H,25,27)/t18-,21-/m0/s1. The molecule has 1 heterocycles. The number of fused-ring (bicyclic) bond motifs is 1. The van der Waals surface area contributed by atoms with E-state index < -0.39 is 5.54 Å². The van der Waals surface area contributed by atoms with Gasteiger partial charge in [0.25, 0.3) is 5.91 Å². The smallest absolute Gasteiger partial charge is 0.254 e. The lowest BCUT2D eigenvalue weighted by Gasteiger charge is -2.55. The average molecular weight is 401 g/mol. The number of hydrogen-bond donors (Lipinski definition) is 1. The minimum absolute atomic E-state index is 0.0525. The summed E-state index contributed by atoms with van der Waals surface area (Å²) in [4.78, 5) is 29.2. The maximum absolute atomic E-state index is 13.6. The van der Waals surface area contributed by atoms with Crippen LogP contribution in [0.2, 0.25) is 0 Å². The summed E-state index contributed by atoms with van der Waals surface area (Å²) in [6.45, 7) is 8.17. The molecule has 0 aromatic heterocycles. The van der Waals surface area contributed by atoms with Gasteiger partial charge in [-0.2, -0.15) is 0 Å². The van der Waals surface area contributed by atoms with Gasteiger partial charge in [0.1, 0.15) is 0 Å². The molecule has 2 aliphatic rings. The van der Waals surface area contributed by atoms with Gasteiger partial charge in [-0.25, -0.2) is 0 Å². The van der Waals surface area contributed by atoms with E-state index in [0.29, 0.717) is 25.3 Å². The highest BCUT2D eigenvalue weighted by atomic mass is 16.5. The average Bonchev–Trinajstić information content (AvgIpc) is 2.74. The van der Waals surface area contributed by atoms with E-state index in [0.717, 1.165) is 44.1 Å². The van der Waals surface area contributed by atoms with Crippen molar-refractivity contribution in [3.63, 3.8) is 0 Å². The first-order valence-corrected chi connectivity index (χ1v) is 11.3. The van der Waals surface area contributed by atoms with Gasteiger partial charge in [0.15, 0.2) is 0 Å². The highest BCUT2D eigenvalue weighted by molar-refractivity contribution is 6.02. The molecule has 1 aromatic rings. The van der Waals surface area contributed by atoms with E-state index in [1.54, 1.807) is 0 Å². The number of ether oxygens (including phenoxy) is 1. The molecule has 5 heteroatoms. The van der Waals surface area contributed by atoms with Crippen LogP contribution in [0.3, 0.4) is 0 Å². The number of amides is 2. The fourth-order valence-electron chi connectivity index (χ4n) is 5.24. The zero-order valence-electron chi connectivity index (χ0n) is 18.2. The second-order valence-electron chi connectivity index (χ2n) is 8.46. The van der Waals surface area contributed by atoms with Crippen LogP contribution in [0.15, 0.2) is 24.3 Å². The predicted octanol–water partition coefficient (Wildman–Crippen LogP) is 4.27. The number of hydrogen-bond acceptors (Lipinski definition) is 3. The molecule has 1 aliphatic heterocycles. The first-order valence-electron chi connectivity index (χ1n) is 11.3. The van der Waals surface area contributed by atoms with Gasteiger partial charge >= 0.3 is 0 Å². The van der Waals surface area contributed by atoms with E-state index in [-0.39, 0.29) is 23.8 Å². The molecule has 1 fully saturated rings. The molecule has 0 unspecified atom stereocenters. The quantitative estimate of drug-likeness (QED) is 0.663. The molecule has 3 rings (SSSR count). The summed E-state index contributed by atoms with van der Waals surface area (Å²) in [7, 11) is 0. The molecule has 2 amide bonds. The Kier molecular flexibility index (Phi) is 7.33. The Hall–Kier alpha value is -1.88. The van der Waals surface area contributed by atoms with Gasteiger partial charge in [-0.15, -0.1) is 0 Å². The summed E-state index contributed by atoms with van der Waals surface area (Å²) in [6, 6.07) is 7.85. The first-order chi connectivity index (χ1) is 14.1. The van der Waals surface area contributed by atoms with Crippen molar-refractivity contribution in [2.45, 2.75) is 83.2 Å². The number of nitrogens with zero attached hydrogens (tertiary/aromatic N) is 1. The van der Waals surface area contributed by atoms with E-state index >= 15 is 0 Å². The summed E-state index contributed by atoms with van der Waals surface area (Å²) in [5.74, 6) is -0.160. The fraction of sp³-hybridized carbons (Fsp3) is 0.667. The Bertz CT molecular complexity index is 712. The van der Waals surface area contributed by atoms with Crippen molar-refractivity contribution in [2.24, 2.45) is 0 Å². The lowest BCUT2D eigenvalue weighted by molar-refractivity contribution is -0.128. The Balaban J connectivity index is 1.98. The lowest BCUT2D eigenvalue weighted by Crippen LogP contribution is -2.64. The van der Waals surface area contributed by atoms with Gasteiger partial charge in [0.2, 0.25) is 5.91 Å². The molecule has 2 atom stereocenters. The molecule has 0 radical (unpaired) electrons. The van der Waals surface area contributed by atoms with Crippen LogP contribution >= 0.6 is 0 Å². The molecule has 1 N–H and O–H groups in total. The van der Waals surface area contributed by atoms with Crippen LogP contribution in [-0.4, -0.2) is 48.1 Å². The third-order valence-electron chi connectivity index (χ3n) is 6.72. The molecule has 0 saturated heterocycles. The topological polar surface area (TPSA) is 58.6 Å². The fourth-order valence-corrected chi connectivity index (χ4v) is 5.24. The Labute approximate surface area is 175 Å². The van der Waals surface area contributed by atoms with Gasteiger partial charge in [-0.05, 0) is 51.2 Å². The number of benzene rings is 1. The minimum Gasteiger partial charge on any atom is -0.382 e. The molecule has 1 aromatic carbocycles. The van der Waals surface area contributed by atoms with Crippen LogP contribution in [0.1, 0.15) is 87.6 Å². The van der Waals surface area contributed by atoms with Crippen molar-refractivity contribution in [3.8, 4) is 0 Å². The number of carbonyl (C=O) groups is 2. The van der Waals surface area contributed by atoms with Crippen LogP contribution < -0.4 is 5.32 Å². The highest BCUT2D eigenvalue weighted by Crippen LogP contribution is 2.50. The monoisotopic (exact) mass is 400 g/mol. The Morgan fingerprint density at radius 3 is 2.66 bits per heavy atom. The van der Waals surface area contributed by atoms with Crippen molar-refractivity contribution < 1.29 is 14.3 Å². The normalized spacial score (nSPS) is 21.7. The zero-order chi connectivity index (χ0) is 20.9. The second kappa shape index (κ2) is 9.75. The molecular formula is C24H36N2O3. The summed E-state index contributed by atoms with van der Waals surface area (Å²) < 4.78 is 5.40. The van der Waals surface area contributed by atoms with Crippen molar-refractivity contribution in [1.82, 2.24) is 10.2 Å². The Morgan fingerprint density at radius 1 is 1.24 bits per heavy atom. The minimum atomic E-state index is -0.414. The van der Waals surface area contributed by atoms with Gasteiger partial charge in [0, 0.05) is 31.4 Å². The summed E-state index contributed by atoms with van der Waals surface area (Å²) >= 11 is 0. The Morgan fingerprint density at radius 2 is 1.97 bits per heavy atom. The maximum atomic E-state index is 13.6. The third-order valence-corrected chi connectivity index (χ3v) is 6.72. The second-order valence-corrected chi connectivity index (χ2v) is 8.46. The SMILES string of the molecule is CCOCCCNC(=O)[C@@H]1c2ccccc2C(=O)N([C@@H](C)CC)C12CCCCC2. The first kappa shape index (κ1) is 21.8. The molecule has 0 bridgehead atoms. The van der Waals surface area contributed by atoms with Gasteiger partial charge in [-0.3, -0.25) is 9.59 Å². The molecule has 1 aliphatic carbocycles. The van der Waals surface area contributed by atoms with Crippen LogP contribution in [0.25, 0.3) is 0 Å². The predicted molar refractivity (Wildman–Crippen MR) is 115 cm³/mol. The third kappa shape index (κ3) is 4.20. The van der Waals surface area contributed by atoms with Crippen LogP contribution in [-0.2, 0) is 9.53 Å². The summed E-state index contributed by atoms with van der Waals surface area (Å²) in [5, 5.41) is 3.16.